The number of aromatic hydroxyl groups is 1. The normalized spacial score (nSPS) is 17.1. The Hall–Kier alpha value is -1.62. The first-order valence-corrected chi connectivity index (χ1v) is 5.02. The molecule has 1 aliphatic rings. The number of hydrogen-bond acceptors (Lipinski definition) is 3. The van der Waals surface area contributed by atoms with Crippen LogP contribution >= 0.6 is 0 Å². The molecule has 0 amide bonds. The lowest BCUT2D eigenvalue weighted by Crippen LogP contribution is -2.14. The maximum atomic E-state index is 13.2. The van der Waals surface area contributed by atoms with Crippen LogP contribution in [0.5, 0.6) is 5.75 Å². The van der Waals surface area contributed by atoms with Crippen LogP contribution in [0.25, 0.3) is 0 Å². The summed E-state index contributed by atoms with van der Waals surface area (Å²) in [5.74, 6) is -2.26. The van der Waals surface area contributed by atoms with Gasteiger partial charge in [-0.15, -0.1) is 0 Å². The fourth-order valence-electron chi connectivity index (χ4n) is 1.75. The molecule has 0 aromatic heterocycles. The van der Waals surface area contributed by atoms with Crippen molar-refractivity contribution in [2.45, 2.75) is 18.9 Å². The summed E-state index contributed by atoms with van der Waals surface area (Å²) in [6.45, 7) is 0. The second-order valence-corrected chi connectivity index (χ2v) is 4.06. The van der Waals surface area contributed by atoms with E-state index in [1.54, 1.807) is 0 Å². The summed E-state index contributed by atoms with van der Waals surface area (Å²) in [5, 5.41) is 18.5. The molecule has 0 aliphatic heterocycles. The van der Waals surface area contributed by atoms with Gasteiger partial charge in [0, 0.05) is 11.6 Å². The lowest BCUT2D eigenvalue weighted by Gasteiger charge is -2.14. The summed E-state index contributed by atoms with van der Waals surface area (Å²) in [4.78, 5) is 10.8. The van der Waals surface area contributed by atoms with Crippen LogP contribution in [-0.4, -0.2) is 16.2 Å². The van der Waals surface area contributed by atoms with E-state index in [1.807, 2.05) is 0 Å². The number of benzene rings is 1. The molecule has 2 rings (SSSR count). The van der Waals surface area contributed by atoms with E-state index in [2.05, 4.69) is 0 Å². The topological polar surface area (TPSA) is 83.6 Å². The van der Waals surface area contributed by atoms with E-state index >= 15 is 0 Å². The fourth-order valence-corrected chi connectivity index (χ4v) is 1.75. The Kier molecular flexibility index (Phi) is 2.55. The maximum Gasteiger partial charge on any atom is 0.339 e. The van der Waals surface area contributed by atoms with Crippen molar-refractivity contribution in [3.05, 3.63) is 29.1 Å². The van der Waals surface area contributed by atoms with Gasteiger partial charge in [0.1, 0.15) is 17.1 Å². The predicted octanol–water partition coefficient (Wildman–Crippen LogP) is 1.64. The zero-order valence-electron chi connectivity index (χ0n) is 8.48. The molecule has 0 spiro atoms. The minimum atomic E-state index is -1.36. The van der Waals surface area contributed by atoms with Gasteiger partial charge in [0.25, 0.3) is 0 Å². The van der Waals surface area contributed by atoms with Crippen LogP contribution in [-0.2, 0) is 0 Å². The van der Waals surface area contributed by atoms with Gasteiger partial charge in [0.15, 0.2) is 0 Å². The molecule has 1 aliphatic carbocycles. The van der Waals surface area contributed by atoms with Crippen molar-refractivity contribution in [3.63, 3.8) is 0 Å². The van der Waals surface area contributed by atoms with Crippen molar-refractivity contribution >= 4 is 5.97 Å². The molecule has 4 N–H and O–H groups in total. The van der Waals surface area contributed by atoms with E-state index in [-0.39, 0.29) is 11.5 Å². The summed E-state index contributed by atoms with van der Waals surface area (Å²) < 4.78 is 13.2. The summed E-state index contributed by atoms with van der Waals surface area (Å²) in [6.07, 6.45) is 1.86. The summed E-state index contributed by atoms with van der Waals surface area (Å²) in [6, 6.07) is 1.40. The Labute approximate surface area is 91.5 Å². The quantitative estimate of drug-likeness (QED) is 0.730. The molecule has 0 heterocycles. The van der Waals surface area contributed by atoms with Crippen LogP contribution in [0.1, 0.15) is 34.8 Å². The number of rotatable bonds is 3. The van der Waals surface area contributed by atoms with Gasteiger partial charge in [-0.2, -0.15) is 0 Å². The molecule has 5 heteroatoms. The van der Waals surface area contributed by atoms with E-state index in [9.17, 15) is 14.3 Å². The molecule has 1 aromatic rings. The highest BCUT2D eigenvalue weighted by Crippen LogP contribution is 2.42. The van der Waals surface area contributed by atoms with Crippen LogP contribution in [0, 0.1) is 11.7 Å². The van der Waals surface area contributed by atoms with Crippen molar-refractivity contribution in [3.8, 4) is 5.75 Å². The fraction of sp³-hybridized carbons (Fsp3) is 0.364. The minimum Gasteiger partial charge on any atom is -0.507 e. The Morgan fingerprint density at radius 2 is 2.12 bits per heavy atom. The Morgan fingerprint density at radius 3 is 2.62 bits per heavy atom. The minimum absolute atomic E-state index is 0.180. The summed E-state index contributed by atoms with van der Waals surface area (Å²) in [5.41, 5.74) is 5.56. The van der Waals surface area contributed by atoms with Crippen LogP contribution in [0.15, 0.2) is 12.1 Å². The van der Waals surface area contributed by atoms with Gasteiger partial charge in [-0.1, -0.05) is 0 Å². The van der Waals surface area contributed by atoms with Crippen molar-refractivity contribution in [2.24, 2.45) is 11.7 Å². The largest absolute Gasteiger partial charge is 0.507 e. The standard InChI is InChI=1S/C11H12FNO3/c12-6-3-7(9(13)5-1-2-5)10(14)8(4-6)11(15)16/h3-5,9,14H,1-2,13H2,(H,15,16)/t9-/m0/s1. The van der Waals surface area contributed by atoms with Crippen molar-refractivity contribution in [2.75, 3.05) is 0 Å². The molecule has 1 fully saturated rings. The van der Waals surface area contributed by atoms with Crippen LogP contribution < -0.4 is 5.73 Å². The zero-order chi connectivity index (χ0) is 11.9. The molecule has 0 saturated heterocycles. The Bertz CT molecular complexity index is 443. The average molecular weight is 225 g/mol. The third kappa shape index (κ3) is 1.86. The second kappa shape index (κ2) is 3.75. The predicted molar refractivity (Wildman–Crippen MR) is 54.7 cm³/mol. The van der Waals surface area contributed by atoms with E-state index in [4.69, 9.17) is 10.8 Å². The highest BCUT2D eigenvalue weighted by Gasteiger charge is 2.32. The van der Waals surface area contributed by atoms with E-state index in [0.29, 0.717) is 0 Å². The zero-order valence-corrected chi connectivity index (χ0v) is 8.48. The first-order valence-electron chi connectivity index (χ1n) is 5.02. The number of carboxylic acid groups (broad SMARTS) is 1. The number of carbonyl (C=O) groups is 1. The average Bonchev–Trinajstić information content (AvgIpc) is 3.03. The van der Waals surface area contributed by atoms with E-state index < -0.39 is 29.1 Å². The Balaban J connectivity index is 2.47. The third-order valence-corrected chi connectivity index (χ3v) is 2.82. The van der Waals surface area contributed by atoms with Gasteiger partial charge in [-0.25, -0.2) is 9.18 Å². The van der Waals surface area contributed by atoms with E-state index in [1.165, 1.54) is 0 Å². The summed E-state index contributed by atoms with van der Waals surface area (Å²) >= 11 is 0. The molecule has 86 valence electrons. The molecule has 1 atom stereocenters. The second-order valence-electron chi connectivity index (χ2n) is 4.06. The van der Waals surface area contributed by atoms with Gasteiger partial charge in [-0.05, 0) is 30.9 Å². The lowest BCUT2D eigenvalue weighted by atomic mass is 9.99. The van der Waals surface area contributed by atoms with Crippen molar-refractivity contribution in [1.82, 2.24) is 0 Å². The van der Waals surface area contributed by atoms with Crippen LogP contribution in [0.4, 0.5) is 4.39 Å². The number of phenols is 1. The van der Waals surface area contributed by atoms with Gasteiger partial charge in [-0.3, -0.25) is 0 Å². The number of carboxylic acids is 1. The molecule has 16 heavy (non-hydrogen) atoms. The van der Waals surface area contributed by atoms with Gasteiger partial charge >= 0.3 is 5.97 Å². The molecular formula is C11H12FNO3. The van der Waals surface area contributed by atoms with Crippen molar-refractivity contribution < 1.29 is 19.4 Å². The van der Waals surface area contributed by atoms with Gasteiger partial charge < -0.3 is 15.9 Å². The monoisotopic (exact) mass is 225 g/mol. The highest BCUT2D eigenvalue weighted by molar-refractivity contribution is 5.91. The molecule has 0 radical (unpaired) electrons. The van der Waals surface area contributed by atoms with Gasteiger partial charge in [0.2, 0.25) is 0 Å². The Morgan fingerprint density at radius 1 is 1.50 bits per heavy atom. The van der Waals surface area contributed by atoms with Gasteiger partial charge in [0.05, 0.1) is 0 Å². The summed E-state index contributed by atoms with van der Waals surface area (Å²) in [7, 11) is 0. The molecule has 1 saturated carbocycles. The van der Waals surface area contributed by atoms with E-state index in [0.717, 1.165) is 25.0 Å². The maximum absolute atomic E-state index is 13.2. The first-order chi connectivity index (χ1) is 7.50. The lowest BCUT2D eigenvalue weighted by molar-refractivity contribution is 0.0693. The van der Waals surface area contributed by atoms with Crippen molar-refractivity contribution in [1.29, 1.82) is 0 Å². The first kappa shape index (κ1) is 10.9. The molecular weight excluding hydrogens is 213 g/mol. The number of aromatic carboxylic acids is 1. The number of nitrogens with two attached hydrogens (primary N) is 1. The van der Waals surface area contributed by atoms with Crippen LogP contribution in [0.3, 0.4) is 0 Å². The molecule has 0 unspecified atom stereocenters. The third-order valence-electron chi connectivity index (χ3n) is 2.82. The highest BCUT2D eigenvalue weighted by atomic mass is 19.1. The number of hydrogen-bond donors (Lipinski definition) is 3. The SMILES string of the molecule is N[C@H](c1cc(F)cc(C(=O)O)c1O)C1CC1. The molecule has 1 aromatic carbocycles. The molecule has 0 bridgehead atoms. The smallest absolute Gasteiger partial charge is 0.339 e. The molecule has 4 nitrogen and oxygen atoms in total. The van der Waals surface area contributed by atoms with Crippen LogP contribution in [0.2, 0.25) is 0 Å². The number of halogens is 1.